The van der Waals surface area contributed by atoms with E-state index >= 15 is 0 Å². The van der Waals surface area contributed by atoms with E-state index in [2.05, 4.69) is 5.32 Å². The maximum Gasteiger partial charge on any atom is 0.268 e. The molecule has 1 aliphatic heterocycles. The highest BCUT2D eigenvalue weighted by molar-refractivity contribution is 6.03. The summed E-state index contributed by atoms with van der Waals surface area (Å²) in [5.74, 6) is 0.419. The van der Waals surface area contributed by atoms with E-state index in [9.17, 15) is 9.59 Å². The van der Waals surface area contributed by atoms with Crippen molar-refractivity contribution < 1.29 is 14.3 Å². The Morgan fingerprint density at radius 2 is 2.15 bits per heavy atom. The Hall–Kier alpha value is -2.04. The third-order valence-corrected chi connectivity index (χ3v) is 3.58. The number of rotatable bonds is 4. The van der Waals surface area contributed by atoms with Crippen LogP contribution in [0.4, 0.5) is 5.69 Å². The van der Waals surface area contributed by atoms with E-state index in [4.69, 9.17) is 4.74 Å². The molecule has 5 heteroatoms. The smallest absolute Gasteiger partial charge is 0.268 e. The average molecular weight is 274 g/mol. The number of nitrogens with zero attached hydrogens (tertiary/aromatic N) is 1. The first-order valence-corrected chi connectivity index (χ1v) is 7.05. The Morgan fingerprint density at radius 1 is 1.40 bits per heavy atom. The van der Waals surface area contributed by atoms with E-state index in [0.717, 1.165) is 12.8 Å². The van der Waals surface area contributed by atoms with Crippen molar-refractivity contribution in [3.05, 3.63) is 24.3 Å². The number of hydrogen-bond acceptors (Lipinski definition) is 3. The minimum atomic E-state index is -0.501. The van der Waals surface area contributed by atoms with Gasteiger partial charge < -0.3 is 10.1 Å². The maximum absolute atomic E-state index is 12.4. The van der Waals surface area contributed by atoms with Crippen LogP contribution in [0.3, 0.4) is 0 Å². The number of hydrogen-bond donors (Lipinski definition) is 1. The molecule has 1 atom stereocenters. The summed E-state index contributed by atoms with van der Waals surface area (Å²) in [7, 11) is 0. The number of para-hydroxylation sites is 2. The molecule has 3 rings (SSSR count). The van der Waals surface area contributed by atoms with Gasteiger partial charge in [0.2, 0.25) is 5.91 Å². The summed E-state index contributed by atoms with van der Waals surface area (Å²) < 4.78 is 5.68. The van der Waals surface area contributed by atoms with Crippen LogP contribution in [0.2, 0.25) is 0 Å². The molecule has 0 saturated heterocycles. The fourth-order valence-electron chi connectivity index (χ4n) is 2.34. The fraction of sp³-hybridized carbons (Fsp3) is 0.467. The predicted molar refractivity (Wildman–Crippen MR) is 74.7 cm³/mol. The lowest BCUT2D eigenvalue weighted by Crippen LogP contribution is -2.49. The molecule has 1 aliphatic carbocycles. The van der Waals surface area contributed by atoms with E-state index in [0.29, 0.717) is 23.9 Å². The van der Waals surface area contributed by atoms with Gasteiger partial charge in [-0.15, -0.1) is 0 Å². The van der Waals surface area contributed by atoms with Crippen molar-refractivity contribution in [2.75, 3.05) is 11.4 Å². The van der Waals surface area contributed by atoms with Crippen LogP contribution < -0.4 is 15.0 Å². The first-order valence-electron chi connectivity index (χ1n) is 7.05. The van der Waals surface area contributed by atoms with Gasteiger partial charge in [-0.1, -0.05) is 19.1 Å². The van der Waals surface area contributed by atoms with Crippen LogP contribution in [0, 0.1) is 0 Å². The summed E-state index contributed by atoms with van der Waals surface area (Å²) in [5, 5.41) is 2.91. The highest BCUT2D eigenvalue weighted by atomic mass is 16.5. The number of benzene rings is 1. The fourth-order valence-corrected chi connectivity index (χ4v) is 2.34. The van der Waals surface area contributed by atoms with Gasteiger partial charge in [0.1, 0.15) is 12.3 Å². The second kappa shape index (κ2) is 5.15. The van der Waals surface area contributed by atoms with Gasteiger partial charge in [0.25, 0.3) is 5.91 Å². The first-order chi connectivity index (χ1) is 9.69. The molecular formula is C15H18N2O3. The second-order valence-electron chi connectivity index (χ2n) is 5.25. The van der Waals surface area contributed by atoms with Gasteiger partial charge in [-0.25, -0.2) is 0 Å². The van der Waals surface area contributed by atoms with Crippen LogP contribution in [-0.2, 0) is 9.59 Å². The van der Waals surface area contributed by atoms with Gasteiger partial charge in [-0.05, 0) is 31.4 Å². The molecule has 0 spiro atoms. The standard InChI is InChI=1S/C15H18N2O3/c1-2-12-15(19)17(9-14(18)16-10-7-8-10)11-5-3-4-6-13(11)20-12/h3-6,10,12H,2,7-9H2,1H3,(H,16,18)/t12-/m1/s1. The first kappa shape index (κ1) is 13.0. The molecule has 1 saturated carbocycles. The zero-order chi connectivity index (χ0) is 14.1. The minimum absolute atomic E-state index is 0.0617. The number of nitrogens with one attached hydrogen (secondary N) is 1. The second-order valence-corrected chi connectivity index (χ2v) is 5.25. The molecular weight excluding hydrogens is 256 g/mol. The topological polar surface area (TPSA) is 58.6 Å². The Labute approximate surface area is 117 Å². The quantitative estimate of drug-likeness (QED) is 0.904. The Morgan fingerprint density at radius 3 is 2.85 bits per heavy atom. The highest BCUT2D eigenvalue weighted by Gasteiger charge is 2.34. The Kier molecular flexibility index (Phi) is 3.34. The van der Waals surface area contributed by atoms with Crippen molar-refractivity contribution in [1.82, 2.24) is 5.32 Å². The van der Waals surface area contributed by atoms with Gasteiger partial charge in [-0.2, -0.15) is 0 Å². The van der Waals surface area contributed by atoms with E-state index in [1.54, 1.807) is 0 Å². The van der Waals surface area contributed by atoms with Gasteiger partial charge in [0, 0.05) is 6.04 Å². The van der Waals surface area contributed by atoms with Crippen LogP contribution in [-0.4, -0.2) is 30.5 Å². The number of ether oxygens (including phenoxy) is 1. The number of fused-ring (bicyclic) bond motifs is 1. The number of amides is 2. The number of carbonyl (C=O) groups excluding carboxylic acids is 2. The predicted octanol–water partition coefficient (Wildman–Crippen LogP) is 1.47. The summed E-state index contributed by atoms with van der Waals surface area (Å²) in [6.45, 7) is 1.96. The molecule has 0 radical (unpaired) electrons. The summed E-state index contributed by atoms with van der Waals surface area (Å²) >= 11 is 0. The molecule has 0 bridgehead atoms. The lowest BCUT2D eigenvalue weighted by molar-refractivity contribution is -0.129. The highest BCUT2D eigenvalue weighted by Crippen LogP contribution is 2.34. The maximum atomic E-state index is 12.4. The van der Waals surface area contributed by atoms with Crippen LogP contribution in [0.5, 0.6) is 5.75 Å². The summed E-state index contributed by atoms with van der Waals surface area (Å²) in [6.07, 6.45) is 2.17. The lowest BCUT2D eigenvalue weighted by atomic mass is 10.1. The van der Waals surface area contributed by atoms with Gasteiger partial charge in [0.15, 0.2) is 6.10 Å². The minimum Gasteiger partial charge on any atom is -0.478 e. The molecule has 106 valence electrons. The van der Waals surface area contributed by atoms with E-state index in [1.807, 2.05) is 31.2 Å². The molecule has 1 N–H and O–H groups in total. The van der Waals surface area contributed by atoms with Crippen molar-refractivity contribution in [2.45, 2.75) is 38.3 Å². The Bertz CT molecular complexity index is 540. The van der Waals surface area contributed by atoms with E-state index in [-0.39, 0.29) is 18.4 Å². The zero-order valence-electron chi connectivity index (χ0n) is 11.5. The molecule has 0 aromatic heterocycles. The van der Waals surface area contributed by atoms with Crippen molar-refractivity contribution in [2.24, 2.45) is 0 Å². The molecule has 1 heterocycles. The van der Waals surface area contributed by atoms with Gasteiger partial charge >= 0.3 is 0 Å². The monoisotopic (exact) mass is 274 g/mol. The summed E-state index contributed by atoms with van der Waals surface area (Å²) in [4.78, 5) is 25.9. The Balaban J connectivity index is 1.82. The van der Waals surface area contributed by atoms with Crippen LogP contribution >= 0.6 is 0 Å². The third kappa shape index (κ3) is 2.48. The normalized spacial score (nSPS) is 21.1. The molecule has 1 fully saturated rings. The lowest BCUT2D eigenvalue weighted by Gasteiger charge is -2.33. The zero-order valence-corrected chi connectivity index (χ0v) is 11.5. The van der Waals surface area contributed by atoms with Crippen LogP contribution in [0.25, 0.3) is 0 Å². The molecule has 1 aromatic carbocycles. The summed E-state index contributed by atoms with van der Waals surface area (Å²) in [5.41, 5.74) is 0.674. The molecule has 20 heavy (non-hydrogen) atoms. The summed E-state index contributed by atoms with van der Waals surface area (Å²) in [6, 6.07) is 7.65. The molecule has 1 aromatic rings. The van der Waals surface area contributed by atoms with Crippen molar-refractivity contribution >= 4 is 17.5 Å². The molecule has 2 amide bonds. The van der Waals surface area contributed by atoms with E-state index < -0.39 is 6.10 Å². The van der Waals surface area contributed by atoms with Crippen LogP contribution in [0.1, 0.15) is 26.2 Å². The van der Waals surface area contributed by atoms with Gasteiger partial charge in [-0.3, -0.25) is 14.5 Å². The third-order valence-electron chi connectivity index (χ3n) is 3.58. The SMILES string of the molecule is CC[C@H]1Oc2ccccc2N(CC(=O)NC2CC2)C1=O. The number of anilines is 1. The van der Waals surface area contributed by atoms with Crippen LogP contribution in [0.15, 0.2) is 24.3 Å². The number of carbonyl (C=O) groups is 2. The van der Waals surface area contributed by atoms with Crippen molar-refractivity contribution in [3.8, 4) is 5.75 Å². The molecule has 2 aliphatic rings. The van der Waals surface area contributed by atoms with E-state index in [1.165, 1.54) is 4.90 Å². The molecule has 0 unspecified atom stereocenters. The largest absolute Gasteiger partial charge is 0.478 e. The van der Waals surface area contributed by atoms with Crippen molar-refractivity contribution in [1.29, 1.82) is 0 Å². The van der Waals surface area contributed by atoms with Gasteiger partial charge in [0.05, 0.1) is 5.69 Å². The average Bonchev–Trinajstić information content (AvgIpc) is 3.25. The molecule has 5 nitrogen and oxygen atoms in total. The van der Waals surface area contributed by atoms with Crippen molar-refractivity contribution in [3.63, 3.8) is 0 Å².